The lowest BCUT2D eigenvalue weighted by Gasteiger charge is -2.09. The fourth-order valence-corrected chi connectivity index (χ4v) is 2.34. The molecule has 0 unspecified atom stereocenters. The summed E-state index contributed by atoms with van der Waals surface area (Å²) in [7, 11) is 2.96. The van der Waals surface area contributed by atoms with Crippen LogP contribution in [-0.2, 0) is 61.6 Å². The Morgan fingerprint density at radius 2 is 0.568 bits per heavy atom. The molecule has 0 atom stereocenters. The maximum atomic E-state index is 10.8. The predicted molar refractivity (Wildman–Crippen MR) is 132 cm³/mol. The van der Waals surface area contributed by atoms with Gasteiger partial charge >= 0.3 is 5.97 Å². The Balaban J connectivity index is 3.03. The molecule has 13 heteroatoms. The first-order valence-corrected chi connectivity index (χ1v) is 12.6. The third kappa shape index (κ3) is 33.0. The summed E-state index contributed by atoms with van der Waals surface area (Å²) >= 11 is 0. The Hall–Kier alpha value is -0.970. The van der Waals surface area contributed by atoms with Crippen LogP contribution in [0.5, 0.6) is 0 Å². The third-order valence-corrected chi connectivity index (χ3v) is 4.23. The van der Waals surface area contributed by atoms with Gasteiger partial charge in [0, 0.05) is 7.11 Å². The number of rotatable bonds is 32. The van der Waals surface area contributed by atoms with Crippen LogP contribution >= 0.6 is 0 Å². The molecule has 0 aromatic rings. The van der Waals surface area contributed by atoms with Crippen LogP contribution in [0.2, 0.25) is 0 Å². The molecule has 0 radical (unpaired) electrons. The van der Waals surface area contributed by atoms with Crippen LogP contribution in [0.3, 0.4) is 0 Å². The Labute approximate surface area is 221 Å². The molecule has 0 aliphatic rings. The lowest BCUT2D eigenvalue weighted by atomic mass is 10.6. The lowest BCUT2D eigenvalue weighted by molar-refractivity contribution is -0.146. The SMILES string of the molecule is COCCOCCOCCOCCOCCOCCOCCOCCOCCOCCOCC(=O)OC. The zero-order valence-electron chi connectivity index (χ0n) is 22.7. The summed E-state index contributed by atoms with van der Waals surface area (Å²) in [5, 5.41) is 0. The van der Waals surface area contributed by atoms with E-state index in [9.17, 15) is 4.79 Å². The fraction of sp³-hybridized carbons (Fsp3) is 0.958. The van der Waals surface area contributed by atoms with Gasteiger partial charge in [-0.05, 0) is 0 Å². The second kappa shape index (κ2) is 33.1. The monoisotopic (exact) mass is 544 g/mol. The second-order valence-electron chi connectivity index (χ2n) is 7.13. The normalized spacial score (nSPS) is 11.3. The Morgan fingerprint density at radius 3 is 0.784 bits per heavy atom. The molecule has 0 aromatic carbocycles. The van der Waals surface area contributed by atoms with Crippen molar-refractivity contribution >= 4 is 5.97 Å². The number of ether oxygens (including phenoxy) is 12. The van der Waals surface area contributed by atoms with Crippen molar-refractivity contribution < 1.29 is 61.6 Å². The molecule has 0 heterocycles. The molecular weight excluding hydrogens is 496 g/mol. The van der Waals surface area contributed by atoms with Crippen molar-refractivity contribution in [3.63, 3.8) is 0 Å². The van der Waals surface area contributed by atoms with Crippen LogP contribution < -0.4 is 0 Å². The zero-order chi connectivity index (χ0) is 26.9. The van der Waals surface area contributed by atoms with Crippen LogP contribution in [0.4, 0.5) is 0 Å². The van der Waals surface area contributed by atoms with E-state index in [1.807, 2.05) is 0 Å². The van der Waals surface area contributed by atoms with Gasteiger partial charge in [0.2, 0.25) is 0 Å². The summed E-state index contributed by atoms with van der Waals surface area (Å²) in [6, 6.07) is 0. The molecule has 37 heavy (non-hydrogen) atoms. The van der Waals surface area contributed by atoms with E-state index in [0.717, 1.165) is 0 Å². The van der Waals surface area contributed by atoms with Gasteiger partial charge in [-0.15, -0.1) is 0 Å². The molecule has 13 nitrogen and oxygen atoms in total. The van der Waals surface area contributed by atoms with E-state index in [2.05, 4.69) is 4.74 Å². The number of methoxy groups -OCH3 is 2. The summed E-state index contributed by atoms with van der Waals surface area (Å²) in [5.41, 5.74) is 0. The topological polar surface area (TPSA) is 128 Å². The number of carbonyl (C=O) groups excluding carboxylic acids is 1. The van der Waals surface area contributed by atoms with E-state index in [1.54, 1.807) is 7.11 Å². The highest BCUT2D eigenvalue weighted by Gasteiger charge is 1.99. The van der Waals surface area contributed by atoms with Crippen molar-refractivity contribution in [2.24, 2.45) is 0 Å². The van der Waals surface area contributed by atoms with E-state index in [-0.39, 0.29) is 6.61 Å². The number of esters is 1. The first kappa shape index (κ1) is 36.0. The zero-order valence-corrected chi connectivity index (χ0v) is 22.7. The molecule has 0 amide bonds. The van der Waals surface area contributed by atoms with Crippen molar-refractivity contribution in [2.45, 2.75) is 0 Å². The first-order valence-electron chi connectivity index (χ1n) is 12.6. The van der Waals surface area contributed by atoms with E-state index in [1.165, 1.54) is 7.11 Å². The second-order valence-corrected chi connectivity index (χ2v) is 7.13. The van der Waals surface area contributed by atoms with Crippen molar-refractivity contribution in [1.29, 1.82) is 0 Å². The summed E-state index contributed by atoms with van der Waals surface area (Å²) in [6.07, 6.45) is 0. The van der Waals surface area contributed by atoms with Crippen molar-refractivity contribution in [3.8, 4) is 0 Å². The van der Waals surface area contributed by atoms with Gasteiger partial charge in [0.1, 0.15) is 6.61 Å². The maximum absolute atomic E-state index is 10.8. The summed E-state index contributed by atoms with van der Waals surface area (Å²) in [5.74, 6) is -0.406. The van der Waals surface area contributed by atoms with Crippen LogP contribution in [0.25, 0.3) is 0 Å². The highest BCUT2D eigenvalue weighted by Crippen LogP contribution is 1.87. The van der Waals surface area contributed by atoms with Crippen LogP contribution in [-0.4, -0.2) is 159 Å². The van der Waals surface area contributed by atoms with E-state index >= 15 is 0 Å². The molecule has 222 valence electrons. The van der Waals surface area contributed by atoms with E-state index < -0.39 is 5.97 Å². The smallest absolute Gasteiger partial charge is 0.331 e. The molecule has 0 rings (SSSR count). The quantitative estimate of drug-likeness (QED) is 0.0831. The Morgan fingerprint density at radius 1 is 0.351 bits per heavy atom. The minimum Gasteiger partial charge on any atom is -0.467 e. The highest BCUT2D eigenvalue weighted by molar-refractivity contribution is 5.70. The van der Waals surface area contributed by atoms with Gasteiger partial charge in [-0.3, -0.25) is 0 Å². The van der Waals surface area contributed by atoms with Crippen molar-refractivity contribution in [1.82, 2.24) is 0 Å². The molecule has 0 aliphatic carbocycles. The molecule has 0 N–H and O–H groups in total. The predicted octanol–water partition coefficient (Wildman–Crippen LogP) is -0.0282. The van der Waals surface area contributed by atoms with E-state index in [0.29, 0.717) is 132 Å². The van der Waals surface area contributed by atoms with Crippen molar-refractivity contribution in [3.05, 3.63) is 0 Å². The summed E-state index contributed by atoms with van der Waals surface area (Å²) in [6.45, 7) is 9.92. The fourth-order valence-electron chi connectivity index (χ4n) is 2.34. The van der Waals surface area contributed by atoms with Gasteiger partial charge in [-0.2, -0.15) is 0 Å². The van der Waals surface area contributed by atoms with E-state index in [4.69, 9.17) is 52.1 Å². The van der Waals surface area contributed by atoms with Crippen LogP contribution in [0.15, 0.2) is 0 Å². The third-order valence-electron chi connectivity index (χ3n) is 4.23. The molecule has 0 aromatic heterocycles. The lowest BCUT2D eigenvalue weighted by Crippen LogP contribution is -2.16. The average molecular weight is 545 g/mol. The van der Waals surface area contributed by atoms with Crippen LogP contribution in [0.1, 0.15) is 0 Å². The number of hydrogen-bond donors (Lipinski definition) is 0. The van der Waals surface area contributed by atoms with Gasteiger partial charge < -0.3 is 56.8 Å². The molecular formula is C24H48O13. The Bertz CT molecular complexity index is 443. The molecule has 0 saturated carbocycles. The summed E-state index contributed by atoms with van der Waals surface area (Å²) in [4.78, 5) is 10.8. The molecule has 0 spiro atoms. The molecule has 0 fully saturated rings. The molecule has 0 saturated heterocycles. The number of hydrogen-bond acceptors (Lipinski definition) is 13. The van der Waals surface area contributed by atoms with Gasteiger partial charge in [0.05, 0.1) is 139 Å². The van der Waals surface area contributed by atoms with Gasteiger partial charge in [-0.1, -0.05) is 0 Å². The van der Waals surface area contributed by atoms with Gasteiger partial charge in [0.25, 0.3) is 0 Å². The molecule has 0 bridgehead atoms. The Kier molecular flexibility index (Phi) is 32.2. The minimum atomic E-state index is -0.406. The molecule has 0 aliphatic heterocycles. The van der Waals surface area contributed by atoms with Crippen molar-refractivity contribution in [2.75, 3.05) is 153 Å². The van der Waals surface area contributed by atoms with Gasteiger partial charge in [0.15, 0.2) is 0 Å². The van der Waals surface area contributed by atoms with Gasteiger partial charge in [-0.25, -0.2) is 4.79 Å². The summed E-state index contributed by atoms with van der Waals surface area (Å²) < 4.78 is 62.9. The standard InChI is InChI=1S/C24H48O13/c1-26-3-4-28-5-6-29-7-8-30-9-10-31-11-12-32-13-14-33-15-16-34-17-18-35-19-20-36-21-22-37-23-24(25)27-2/h3-23H2,1-2H3. The van der Waals surface area contributed by atoms with Crippen LogP contribution in [0, 0.1) is 0 Å². The largest absolute Gasteiger partial charge is 0.467 e. The first-order chi connectivity index (χ1) is 18.3. The highest BCUT2D eigenvalue weighted by atomic mass is 16.6. The maximum Gasteiger partial charge on any atom is 0.331 e. The number of carbonyl (C=O) groups is 1. The average Bonchev–Trinajstić information content (AvgIpc) is 2.91. The minimum absolute atomic E-state index is 0.0677.